The third-order valence-corrected chi connectivity index (χ3v) is 6.47. The normalized spacial score (nSPS) is 16.9. The molecule has 0 unspecified atom stereocenters. The molecule has 3 aromatic rings. The van der Waals surface area contributed by atoms with Gasteiger partial charge >= 0.3 is 6.03 Å². The van der Waals surface area contributed by atoms with Gasteiger partial charge in [0.25, 0.3) is 11.8 Å². The number of amides is 4. The van der Waals surface area contributed by atoms with Crippen LogP contribution in [-0.2, 0) is 4.79 Å². The first-order valence-corrected chi connectivity index (χ1v) is 11.4. The maximum absolute atomic E-state index is 14.4. The highest BCUT2D eigenvalue weighted by molar-refractivity contribution is 6.07. The molecule has 0 atom stereocenters. The number of nitrogens with zero attached hydrogens (tertiary/aromatic N) is 4. The molecule has 1 spiro atoms. The van der Waals surface area contributed by atoms with E-state index in [-0.39, 0.29) is 42.2 Å². The Morgan fingerprint density at radius 3 is 2.59 bits per heavy atom. The van der Waals surface area contributed by atoms with E-state index >= 15 is 0 Å². The van der Waals surface area contributed by atoms with E-state index in [4.69, 9.17) is 0 Å². The van der Waals surface area contributed by atoms with Crippen LogP contribution in [0.3, 0.4) is 0 Å². The van der Waals surface area contributed by atoms with Crippen LogP contribution in [0.1, 0.15) is 42.5 Å². The molecule has 0 bridgehead atoms. The Morgan fingerprint density at radius 2 is 1.85 bits per heavy atom. The summed E-state index contributed by atoms with van der Waals surface area (Å²) in [6.45, 7) is 0.491. The van der Waals surface area contributed by atoms with Crippen molar-refractivity contribution in [3.05, 3.63) is 66.4 Å². The highest BCUT2D eigenvalue weighted by atomic mass is 19.1. The van der Waals surface area contributed by atoms with Crippen molar-refractivity contribution in [2.45, 2.75) is 37.6 Å². The number of nitrogens with one attached hydrogen (secondary N) is 2. The number of benzene rings is 1. The summed E-state index contributed by atoms with van der Waals surface area (Å²) in [5.41, 5.74) is -0.225. The number of halogens is 1. The van der Waals surface area contributed by atoms with Gasteiger partial charge in [-0.1, -0.05) is 25.0 Å². The van der Waals surface area contributed by atoms with Crippen LogP contribution in [0.4, 0.5) is 9.18 Å². The van der Waals surface area contributed by atoms with E-state index in [0.717, 1.165) is 12.8 Å². The van der Waals surface area contributed by atoms with Crippen LogP contribution in [0, 0.1) is 5.82 Å². The fourth-order valence-electron chi connectivity index (χ4n) is 4.76. The molecule has 2 fully saturated rings. The second kappa shape index (κ2) is 8.77. The zero-order valence-electron chi connectivity index (χ0n) is 18.5. The predicted molar refractivity (Wildman–Crippen MR) is 121 cm³/mol. The van der Waals surface area contributed by atoms with Gasteiger partial charge in [-0.05, 0) is 43.5 Å². The average Bonchev–Trinajstić information content (AvgIpc) is 3.61. The SMILES string of the molecule is O=C(NCCCN1C(=O)NC2(CCCC2)C1=O)c1cnn(-c2ccccc2F)c1-n1cccc1. The summed E-state index contributed by atoms with van der Waals surface area (Å²) in [5.74, 6) is -0.595. The summed E-state index contributed by atoms with van der Waals surface area (Å²) < 4.78 is 17.5. The zero-order valence-corrected chi connectivity index (χ0v) is 18.5. The number of carbonyl (C=O) groups is 3. The summed E-state index contributed by atoms with van der Waals surface area (Å²) in [6.07, 6.45) is 8.54. The molecule has 2 aliphatic rings. The van der Waals surface area contributed by atoms with E-state index in [0.29, 0.717) is 25.1 Å². The minimum Gasteiger partial charge on any atom is -0.352 e. The second-order valence-electron chi connectivity index (χ2n) is 8.62. The van der Waals surface area contributed by atoms with Crippen molar-refractivity contribution in [3.8, 4) is 11.5 Å². The van der Waals surface area contributed by atoms with Gasteiger partial charge < -0.3 is 15.2 Å². The minimum atomic E-state index is -0.729. The summed E-state index contributed by atoms with van der Waals surface area (Å²) >= 11 is 0. The summed E-state index contributed by atoms with van der Waals surface area (Å²) in [6, 6.07) is 9.45. The topological polar surface area (TPSA) is 101 Å². The van der Waals surface area contributed by atoms with Gasteiger partial charge in [0, 0.05) is 25.5 Å². The van der Waals surface area contributed by atoms with Crippen LogP contribution in [0.25, 0.3) is 11.5 Å². The predicted octanol–water partition coefficient (Wildman–Crippen LogP) is 2.79. The van der Waals surface area contributed by atoms with Crippen molar-refractivity contribution in [1.82, 2.24) is 29.9 Å². The Bertz CT molecular complexity index is 1230. The molecule has 176 valence electrons. The Labute approximate surface area is 195 Å². The van der Waals surface area contributed by atoms with Crippen LogP contribution >= 0.6 is 0 Å². The summed E-state index contributed by atoms with van der Waals surface area (Å²) in [7, 11) is 0. The van der Waals surface area contributed by atoms with Crippen molar-refractivity contribution in [2.24, 2.45) is 0 Å². The van der Waals surface area contributed by atoms with E-state index in [9.17, 15) is 18.8 Å². The molecule has 1 saturated heterocycles. The third-order valence-electron chi connectivity index (χ3n) is 6.47. The molecule has 34 heavy (non-hydrogen) atoms. The number of hydrogen-bond donors (Lipinski definition) is 2. The van der Waals surface area contributed by atoms with Gasteiger partial charge in [-0.2, -0.15) is 5.10 Å². The van der Waals surface area contributed by atoms with Gasteiger partial charge in [0.15, 0.2) is 5.82 Å². The fraction of sp³-hybridized carbons (Fsp3) is 0.333. The van der Waals surface area contributed by atoms with Crippen molar-refractivity contribution in [1.29, 1.82) is 0 Å². The van der Waals surface area contributed by atoms with E-state index in [1.165, 1.54) is 21.8 Å². The van der Waals surface area contributed by atoms with E-state index in [2.05, 4.69) is 15.7 Å². The number of hydrogen-bond acceptors (Lipinski definition) is 4. The van der Waals surface area contributed by atoms with Crippen LogP contribution < -0.4 is 10.6 Å². The van der Waals surface area contributed by atoms with Gasteiger partial charge in [-0.25, -0.2) is 13.9 Å². The van der Waals surface area contributed by atoms with Crippen LogP contribution in [0.2, 0.25) is 0 Å². The number of urea groups is 1. The summed E-state index contributed by atoms with van der Waals surface area (Å²) in [5, 5.41) is 9.95. The quantitative estimate of drug-likeness (QED) is 0.415. The maximum atomic E-state index is 14.4. The molecule has 2 N–H and O–H groups in total. The molecule has 2 aromatic heterocycles. The first-order chi connectivity index (χ1) is 16.5. The Morgan fingerprint density at radius 1 is 1.12 bits per heavy atom. The van der Waals surface area contributed by atoms with Crippen molar-refractivity contribution < 1.29 is 18.8 Å². The van der Waals surface area contributed by atoms with Gasteiger partial charge in [0.05, 0.1) is 6.20 Å². The lowest BCUT2D eigenvalue weighted by atomic mass is 9.98. The second-order valence-corrected chi connectivity index (χ2v) is 8.62. The molecule has 9 nitrogen and oxygen atoms in total. The van der Waals surface area contributed by atoms with Crippen molar-refractivity contribution in [2.75, 3.05) is 13.1 Å². The van der Waals surface area contributed by atoms with Crippen LogP contribution in [-0.4, -0.2) is 55.7 Å². The first kappa shape index (κ1) is 21.9. The molecule has 1 aliphatic heterocycles. The van der Waals surface area contributed by atoms with Gasteiger partial charge in [0.1, 0.15) is 22.6 Å². The Kier molecular flexibility index (Phi) is 5.64. The van der Waals surface area contributed by atoms with E-state index in [1.807, 2.05) is 0 Å². The Balaban J connectivity index is 1.27. The number of para-hydroxylation sites is 1. The van der Waals surface area contributed by atoms with Gasteiger partial charge in [-0.15, -0.1) is 0 Å². The Hall–Kier alpha value is -3.95. The third kappa shape index (κ3) is 3.74. The number of imide groups is 1. The lowest BCUT2D eigenvalue weighted by Crippen LogP contribution is -2.44. The maximum Gasteiger partial charge on any atom is 0.325 e. The van der Waals surface area contributed by atoms with Crippen LogP contribution in [0.15, 0.2) is 55.0 Å². The molecular weight excluding hydrogens is 439 g/mol. The molecule has 1 aromatic carbocycles. The van der Waals surface area contributed by atoms with E-state index < -0.39 is 11.4 Å². The van der Waals surface area contributed by atoms with Crippen molar-refractivity contribution in [3.63, 3.8) is 0 Å². The summed E-state index contributed by atoms with van der Waals surface area (Å²) in [4.78, 5) is 39.3. The molecule has 5 rings (SSSR count). The van der Waals surface area contributed by atoms with Gasteiger partial charge in [0.2, 0.25) is 0 Å². The highest BCUT2D eigenvalue weighted by Crippen LogP contribution is 2.35. The molecule has 10 heteroatoms. The monoisotopic (exact) mass is 464 g/mol. The lowest BCUT2D eigenvalue weighted by molar-refractivity contribution is -0.131. The first-order valence-electron chi connectivity index (χ1n) is 11.4. The zero-order chi connectivity index (χ0) is 23.7. The average molecular weight is 465 g/mol. The lowest BCUT2D eigenvalue weighted by Gasteiger charge is -2.20. The standard InChI is InChI=1S/C24H25FN6O3/c25-18-8-1-2-9-19(18)31-21(29-13-5-6-14-29)17(16-27-31)20(32)26-12-7-15-30-22(33)24(28-23(30)34)10-3-4-11-24/h1-2,5-6,8-9,13-14,16H,3-4,7,10-12,15H2,(H,26,32)(H,28,34). The fourth-order valence-corrected chi connectivity index (χ4v) is 4.76. The molecule has 4 amide bonds. The molecule has 1 aliphatic carbocycles. The van der Waals surface area contributed by atoms with Gasteiger partial charge in [-0.3, -0.25) is 14.5 Å². The van der Waals surface area contributed by atoms with Crippen LogP contribution in [0.5, 0.6) is 0 Å². The largest absolute Gasteiger partial charge is 0.352 e. The molecular formula is C24H25FN6O3. The molecule has 1 saturated carbocycles. The smallest absolute Gasteiger partial charge is 0.325 e. The number of carbonyl (C=O) groups excluding carboxylic acids is 3. The molecule has 0 radical (unpaired) electrons. The molecule has 3 heterocycles. The minimum absolute atomic E-state index is 0.164. The van der Waals surface area contributed by atoms with E-state index in [1.54, 1.807) is 47.3 Å². The number of rotatable bonds is 7. The highest BCUT2D eigenvalue weighted by Gasteiger charge is 2.52. The van der Waals surface area contributed by atoms with Crippen molar-refractivity contribution >= 4 is 17.8 Å². The number of aromatic nitrogens is 3.